The SMILES string of the molecule is CCCCC/C=C/C/C=C/C/C=C/C=C/CCCC(OO)C(=O)O. The molecule has 0 aromatic rings. The zero-order valence-electron chi connectivity index (χ0n) is 14.8. The first-order chi connectivity index (χ1) is 11.7. The molecule has 136 valence electrons. The van der Waals surface area contributed by atoms with Crippen LogP contribution in [0.25, 0.3) is 0 Å². The Morgan fingerprint density at radius 3 is 2.21 bits per heavy atom. The first-order valence-corrected chi connectivity index (χ1v) is 8.87. The molecule has 0 bridgehead atoms. The van der Waals surface area contributed by atoms with E-state index in [1.54, 1.807) is 0 Å². The van der Waals surface area contributed by atoms with Gasteiger partial charge in [0.25, 0.3) is 0 Å². The molecule has 4 heteroatoms. The summed E-state index contributed by atoms with van der Waals surface area (Å²) >= 11 is 0. The molecule has 24 heavy (non-hydrogen) atoms. The van der Waals surface area contributed by atoms with Crippen molar-refractivity contribution in [2.45, 2.75) is 70.8 Å². The van der Waals surface area contributed by atoms with Gasteiger partial charge in [0, 0.05) is 0 Å². The zero-order valence-corrected chi connectivity index (χ0v) is 14.8. The molecule has 0 radical (unpaired) electrons. The van der Waals surface area contributed by atoms with Gasteiger partial charge in [0.1, 0.15) is 0 Å². The first kappa shape index (κ1) is 22.4. The van der Waals surface area contributed by atoms with E-state index in [1.807, 2.05) is 18.2 Å². The second kappa shape index (κ2) is 17.7. The Hall–Kier alpha value is -1.65. The lowest BCUT2D eigenvalue weighted by Crippen LogP contribution is -2.22. The Balaban J connectivity index is 3.57. The lowest BCUT2D eigenvalue weighted by molar-refractivity contribution is -0.277. The maximum atomic E-state index is 10.6. The molecule has 0 saturated carbocycles. The van der Waals surface area contributed by atoms with Crippen LogP contribution < -0.4 is 0 Å². The monoisotopic (exact) mass is 336 g/mol. The van der Waals surface area contributed by atoms with Crippen LogP contribution in [0, 0.1) is 0 Å². The number of carboxylic acid groups (broad SMARTS) is 1. The molecule has 2 N–H and O–H groups in total. The minimum atomic E-state index is -1.14. The van der Waals surface area contributed by atoms with Crippen LogP contribution in [0.2, 0.25) is 0 Å². The lowest BCUT2D eigenvalue weighted by atomic mass is 10.1. The Bertz CT molecular complexity index is 408. The van der Waals surface area contributed by atoms with Crippen LogP contribution in [0.15, 0.2) is 48.6 Å². The minimum absolute atomic E-state index is 0.300. The molecule has 1 atom stereocenters. The van der Waals surface area contributed by atoms with Crippen molar-refractivity contribution in [1.82, 2.24) is 0 Å². The van der Waals surface area contributed by atoms with Crippen molar-refractivity contribution >= 4 is 5.97 Å². The summed E-state index contributed by atoms with van der Waals surface area (Å²) in [5.41, 5.74) is 0. The maximum Gasteiger partial charge on any atom is 0.336 e. The van der Waals surface area contributed by atoms with Crippen LogP contribution in [0.1, 0.15) is 64.7 Å². The summed E-state index contributed by atoms with van der Waals surface area (Å²) in [6.07, 6.45) is 24.4. The number of carboxylic acids is 1. The Morgan fingerprint density at radius 1 is 0.917 bits per heavy atom. The summed E-state index contributed by atoms with van der Waals surface area (Å²) < 4.78 is 0. The fourth-order valence-electron chi connectivity index (χ4n) is 2.05. The highest BCUT2D eigenvalue weighted by Gasteiger charge is 2.16. The number of aliphatic carboxylic acids is 1. The molecule has 0 rings (SSSR count). The predicted octanol–water partition coefficient (Wildman–Crippen LogP) is 5.68. The molecular weight excluding hydrogens is 304 g/mol. The van der Waals surface area contributed by atoms with E-state index in [2.05, 4.69) is 42.2 Å². The van der Waals surface area contributed by atoms with E-state index in [-0.39, 0.29) is 0 Å². The van der Waals surface area contributed by atoms with Gasteiger partial charge < -0.3 is 5.11 Å². The van der Waals surface area contributed by atoms with Crippen molar-refractivity contribution in [3.63, 3.8) is 0 Å². The molecule has 0 heterocycles. The van der Waals surface area contributed by atoms with Gasteiger partial charge in [0.15, 0.2) is 6.10 Å². The van der Waals surface area contributed by atoms with Crippen molar-refractivity contribution in [2.24, 2.45) is 0 Å². The number of allylic oxidation sites excluding steroid dienone is 8. The zero-order chi connectivity index (χ0) is 17.9. The van der Waals surface area contributed by atoms with Crippen LogP contribution in [-0.4, -0.2) is 22.4 Å². The van der Waals surface area contributed by atoms with Crippen molar-refractivity contribution < 1.29 is 20.0 Å². The molecule has 0 saturated heterocycles. The average Bonchev–Trinajstić information content (AvgIpc) is 2.57. The molecule has 0 aliphatic carbocycles. The highest BCUT2D eigenvalue weighted by atomic mass is 17.1. The Morgan fingerprint density at radius 2 is 1.54 bits per heavy atom. The van der Waals surface area contributed by atoms with Gasteiger partial charge in [-0.15, -0.1) is 0 Å². The van der Waals surface area contributed by atoms with Crippen molar-refractivity contribution in [1.29, 1.82) is 0 Å². The second-order valence-corrected chi connectivity index (χ2v) is 5.63. The van der Waals surface area contributed by atoms with Crippen molar-refractivity contribution in [3.05, 3.63) is 48.6 Å². The van der Waals surface area contributed by atoms with Gasteiger partial charge in [-0.3, -0.25) is 5.26 Å². The number of carbonyl (C=O) groups is 1. The first-order valence-electron chi connectivity index (χ1n) is 8.87. The fourth-order valence-corrected chi connectivity index (χ4v) is 2.05. The Labute approximate surface area is 146 Å². The average molecular weight is 336 g/mol. The minimum Gasteiger partial charge on any atom is -0.479 e. The molecular formula is C20H32O4. The van der Waals surface area contributed by atoms with E-state index in [0.717, 1.165) is 19.3 Å². The van der Waals surface area contributed by atoms with Crippen LogP contribution in [0.3, 0.4) is 0 Å². The van der Waals surface area contributed by atoms with Crippen LogP contribution in [0.5, 0.6) is 0 Å². The van der Waals surface area contributed by atoms with Gasteiger partial charge in [-0.25, -0.2) is 9.68 Å². The molecule has 0 aromatic carbocycles. The maximum absolute atomic E-state index is 10.6. The largest absolute Gasteiger partial charge is 0.479 e. The smallest absolute Gasteiger partial charge is 0.336 e. The molecule has 4 nitrogen and oxygen atoms in total. The van der Waals surface area contributed by atoms with E-state index >= 15 is 0 Å². The summed E-state index contributed by atoms with van der Waals surface area (Å²) in [4.78, 5) is 14.5. The van der Waals surface area contributed by atoms with E-state index in [1.165, 1.54) is 25.7 Å². The van der Waals surface area contributed by atoms with Crippen LogP contribution in [-0.2, 0) is 9.68 Å². The van der Waals surface area contributed by atoms with Gasteiger partial charge in [0.05, 0.1) is 0 Å². The molecule has 0 amide bonds. The molecule has 1 unspecified atom stereocenters. The molecule has 0 aliphatic rings. The molecule has 0 aliphatic heterocycles. The molecule has 0 fully saturated rings. The van der Waals surface area contributed by atoms with Gasteiger partial charge >= 0.3 is 5.97 Å². The quantitative estimate of drug-likeness (QED) is 0.133. The van der Waals surface area contributed by atoms with Crippen LogP contribution >= 0.6 is 0 Å². The van der Waals surface area contributed by atoms with Gasteiger partial charge in [-0.05, 0) is 44.9 Å². The number of hydrogen-bond donors (Lipinski definition) is 2. The lowest BCUT2D eigenvalue weighted by Gasteiger charge is -2.05. The van der Waals surface area contributed by atoms with Gasteiger partial charge in [-0.2, -0.15) is 0 Å². The normalized spacial score (nSPS) is 13.8. The molecule has 0 spiro atoms. The molecule has 0 aromatic heterocycles. The standard InChI is InChI=1S/C20H32O4/c1-2-3-4-5-6-7-8-9-10-11-12-13-14-15-16-17-18-19(24-23)20(21)22/h6-7,9-10,12-15,19,23H,2-5,8,11,16-18H2,1H3,(H,21,22)/b7-6+,10-9+,13-12+,15-14+. The van der Waals surface area contributed by atoms with Gasteiger partial charge in [0.2, 0.25) is 0 Å². The van der Waals surface area contributed by atoms with Crippen LogP contribution in [0.4, 0.5) is 0 Å². The third-order valence-electron chi connectivity index (χ3n) is 3.48. The highest BCUT2D eigenvalue weighted by molar-refractivity contribution is 5.72. The Kier molecular flexibility index (Phi) is 16.5. The fraction of sp³-hybridized carbons (Fsp3) is 0.550. The van der Waals surface area contributed by atoms with E-state index in [0.29, 0.717) is 12.8 Å². The summed E-state index contributed by atoms with van der Waals surface area (Å²) in [7, 11) is 0. The second-order valence-electron chi connectivity index (χ2n) is 5.63. The topological polar surface area (TPSA) is 66.8 Å². The van der Waals surface area contributed by atoms with E-state index < -0.39 is 12.1 Å². The summed E-state index contributed by atoms with van der Waals surface area (Å²) in [5, 5.41) is 17.1. The van der Waals surface area contributed by atoms with Gasteiger partial charge in [-0.1, -0.05) is 68.4 Å². The third kappa shape index (κ3) is 15.3. The number of rotatable bonds is 15. The predicted molar refractivity (Wildman–Crippen MR) is 98.9 cm³/mol. The summed E-state index contributed by atoms with van der Waals surface area (Å²) in [5.74, 6) is -1.14. The third-order valence-corrected chi connectivity index (χ3v) is 3.48. The number of hydrogen-bond acceptors (Lipinski definition) is 3. The summed E-state index contributed by atoms with van der Waals surface area (Å²) in [6, 6.07) is 0. The van der Waals surface area contributed by atoms with Crippen molar-refractivity contribution in [3.8, 4) is 0 Å². The van der Waals surface area contributed by atoms with E-state index in [9.17, 15) is 4.79 Å². The van der Waals surface area contributed by atoms with E-state index in [4.69, 9.17) is 10.4 Å². The summed E-state index contributed by atoms with van der Waals surface area (Å²) in [6.45, 7) is 2.22. The highest BCUT2D eigenvalue weighted by Crippen LogP contribution is 2.05. The van der Waals surface area contributed by atoms with Crippen molar-refractivity contribution in [2.75, 3.05) is 0 Å². The number of unbranched alkanes of at least 4 members (excludes halogenated alkanes) is 4.